The smallest absolute Gasteiger partial charge is 0.260 e. The van der Waals surface area contributed by atoms with Crippen molar-refractivity contribution >= 4 is 5.91 Å². The van der Waals surface area contributed by atoms with Gasteiger partial charge in [-0.1, -0.05) is 25.1 Å². The number of carbonyl (C=O) groups excluding carboxylic acids is 1. The molecule has 0 saturated carbocycles. The standard InChI is InChI=1S/C22H29N3O3/c1-3-18(23-14-19-20(26)11-10-16(2)24-19)17-8-4-5-9-21(17)28-15-22(27)25-12-6-7-13-25/h4-5,8-11,18,23,26H,3,6-7,12-15H2,1-2H3. The van der Waals surface area contributed by atoms with Crippen molar-refractivity contribution in [2.24, 2.45) is 0 Å². The first-order valence-corrected chi connectivity index (χ1v) is 9.97. The number of aryl methyl sites for hydroxylation is 1. The maximum absolute atomic E-state index is 12.3. The molecule has 1 saturated heterocycles. The van der Waals surface area contributed by atoms with Gasteiger partial charge in [0.1, 0.15) is 11.5 Å². The van der Waals surface area contributed by atoms with Crippen LogP contribution in [0.2, 0.25) is 0 Å². The third kappa shape index (κ3) is 5.01. The van der Waals surface area contributed by atoms with Crippen LogP contribution in [0.15, 0.2) is 36.4 Å². The lowest BCUT2D eigenvalue weighted by atomic mass is 10.0. The Morgan fingerprint density at radius 3 is 2.75 bits per heavy atom. The van der Waals surface area contributed by atoms with Gasteiger partial charge in [-0.2, -0.15) is 0 Å². The normalized spacial score (nSPS) is 14.9. The first-order valence-electron chi connectivity index (χ1n) is 9.97. The fourth-order valence-electron chi connectivity index (χ4n) is 3.52. The Bertz CT molecular complexity index is 803. The number of ether oxygens (including phenoxy) is 1. The summed E-state index contributed by atoms with van der Waals surface area (Å²) in [5, 5.41) is 13.5. The summed E-state index contributed by atoms with van der Waals surface area (Å²) in [7, 11) is 0. The molecule has 2 heterocycles. The molecule has 1 unspecified atom stereocenters. The minimum Gasteiger partial charge on any atom is -0.506 e. The summed E-state index contributed by atoms with van der Waals surface area (Å²) in [6, 6.07) is 11.3. The van der Waals surface area contributed by atoms with E-state index in [1.165, 1.54) is 0 Å². The third-order valence-electron chi connectivity index (χ3n) is 5.12. The van der Waals surface area contributed by atoms with Crippen LogP contribution in [0.25, 0.3) is 0 Å². The van der Waals surface area contributed by atoms with Crippen LogP contribution < -0.4 is 10.1 Å². The predicted molar refractivity (Wildman–Crippen MR) is 108 cm³/mol. The summed E-state index contributed by atoms with van der Waals surface area (Å²) in [5.41, 5.74) is 2.50. The van der Waals surface area contributed by atoms with Crippen molar-refractivity contribution in [1.29, 1.82) is 0 Å². The lowest BCUT2D eigenvalue weighted by molar-refractivity contribution is -0.132. The van der Waals surface area contributed by atoms with Gasteiger partial charge in [0.25, 0.3) is 5.91 Å². The van der Waals surface area contributed by atoms with Gasteiger partial charge in [-0.3, -0.25) is 9.78 Å². The molecule has 1 atom stereocenters. The van der Waals surface area contributed by atoms with Gasteiger partial charge in [0.15, 0.2) is 6.61 Å². The van der Waals surface area contributed by atoms with Crippen LogP contribution in [0.1, 0.15) is 49.2 Å². The maximum Gasteiger partial charge on any atom is 0.260 e. The molecule has 1 aromatic heterocycles. The number of likely N-dealkylation sites (tertiary alicyclic amines) is 1. The number of pyridine rings is 1. The van der Waals surface area contributed by atoms with Crippen molar-refractivity contribution < 1.29 is 14.6 Å². The first-order chi connectivity index (χ1) is 13.6. The molecule has 2 aromatic rings. The molecular weight excluding hydrogens is 354 g/mol. The zero-order valence-electron chi connectivity index (χ0n) is 16.6. The van der Waals surface area contributed by atoms with E-state index in [4.69, 9.17) is 4.74 Å². The van der Waals surface area contributed by atoms with E-state index in [1.54, 1.807) is 12.1 Å². The molecule has 0 bridgehead atoms. The van der Waals surface area contributed by atoms with Gasteiger partial charge in [-0.25, -0.2) is 0 Å². The minimum absolute atomic E-state index is 0.0276. The summed E-state index contributed by atoms with van der Waals surface area (Å²) >= 11 is 0. The second kappa shape index (κ2) is 9.55. The molecule has 1 aromatic carbocycles. The van der Waals surface area contributed by atoms with E-state index in [0.717, 1.165) is 49.4 Å². The number of hydrogen-bond donors (Lipinski definition) is 2. The Morgan fingerprint density at radius 1 is 1.25 bits per heavy atom. The number of carbonyl (C=O) groups is 1. The molecule has 2 N–H and O–H groups in total. The summed E-state index contributed by atoms with van der Waals surface area (Å²) in [6.07, 6.45) is 2.99. The summed E-state index contributed by atoms with van der Waals surface area (Å²) in [6.45, 7) is 6.17. The van der Waals surface area contributed by atoms with Gasteiger partial charge in [0.05, 0.1) is 5.69 Å². The highest BCUT2D eigenvalue weighted by Crippen LogP contribution is 2.28. The quantitative estimate of drug-likeness (QED) is 0.731. The molecule has 6 nitrogen and oxygen atoms in total. The maximum atomic E-state index is 12.3. The lowest BCUT2D eigenvalue weighted by Gasteiger charge is -2.22. The van der Waals surface area contributed by atoms with Crippen molar-refractivity contribution in [3.63, 3.8) is 0 Å². The van der Waals surface area contributed by atoms with E-state index in [-0.39, 0.29) is 24.3 Å². The number of nitrogens with zero attached hydrogens (tertiary/aromatic N) is 2. The van der Waals surface area contributed by atoms with Crippen LogP contribution in [0, 0.1) is 6.92 Å². The molecule has 0 radical (unpaired) electrons. The predicted octanol–water partition coefficient (Wildman–Crippen LogP) is 3.34. The highest BCUT2D eigenvalue weighted by atomic mass is 16.5. The second-order valence-corrected chi connectivity index (χ2v) is 7.17. The van der Waals surface area contributed by atoms with Gasteiger partial charge < -0.3 is 20.1 Å². The van der Waals surface area contributed by atoms with Gasteiger partial charge in [0, 0.05) is 36.9 Å². The van der Waals surface area contributed by atoms with Crippen LogP contribution in [0.5, 0.6) is 11.5 Å². The average Bonchev–Trinajstić information content (AvgIpc) is 3.25. The van der Waals surface area contributed by atoms with Crippen LogP contribution in [0.4, 0.5) is 0 Å². The molecule has 1 amide bonds. The van der Waals surface area contributed by atoms with Crippen molar-refractivity contribution in [2.45, 2.75) is 45.7 Å². The molecular formula is C22H29N3O3. The number of amides is 1. The molecule has 1 aliphatic rings. The van der Waals surface area contributed by atoms with Crippen LogP contribution >= 0.6 is 0 Å². The fourth-order valence-corrected chi connectivity index (χ4v) is 3.52. The monoisotopic (exact) mass is 383 g/mol. The topological polar surface area (TPSA) is 74.7 Å². The first kappa shape index (κ1) is 20.1. The molecule has 1 aliphatic heterocycles. The van der Waals surface area contributed by atoms with E-state index in [1.807, 2.05) is 36.1 Å². The van der Waals surface area contributed by atoms with Crippen molar-refractivity contribution in [1.82, 2.24) is 15.2 Å². The van der Waals surface area contributed by atoms with Crippen molar-refractivity contribution in [3.8, 4) is 11.5 Å². The van der Waals surface area contributed by atoms with Crippen LogP contribution in [-0.2, 0) is 11.3 Å². The van der Waals surface area contributed by atoms with Crippen LogP contribution in [0.3, 0.4) is 0 Å². The summed E-state index contributed by atoms with van der Waals surface area (Å²) in [4.78, 5) is 18.6. The third-order valence-corrected chi connectivity index (χ3v) is 5.12. The number of rotatable bonds is 8. The molecule has 6 heteroatoms. The Morgan fingerprint density at radius 2 is 2.00 bits per heavy atom. The molecule has 1 fully saturated rings. The van der Waals surface area contributed by atoms with E-state index in [2.05, 4.69) is 17.2 Å². The van der Waals surface area contributed by atoms with Gasteiger partial charge >= 0.3 is 0 Å². The fraction of sp³-hybridized carbons (Fsp3) is 0.455. The molecule has 28 heavy (non-hydrogen) atoms. The number of nitrogens with one attached hydrogen (secondary N) is 1. The van der Waals surface area contributed by atoms with E-state index < -0.39 is 0 Å². The van der Waals surface area contributed by atoms with Crippen molar-refractivity contribution in [3.05, 3.63) is 53.3 Å². The lowest BCUT2D eigenvalue weighted by Crippen LogP contribution is -2.32. The number of para-hydroxylation sites is 1. The SMILES string of the molecule is CCC(NCc1nc(C)ccc1O)c1ccccc1OCC(=O)N1CCCC1. The number of hydrogen-bond acceptors (Lipinski definition) is 5. The minimum atomic E-state index is 0.0276. The Labute approximate surface area is 166 Å². The number of aromatic nitrogens is 1. The zero-order chi connectivity index (χ0) is 19.9. The zero-order valence-corrected chi connectivity index (χ0v) is 16.6. The summed E-state index contributed by atoms with van der Waals surface area (Å²) in [5.74, 6) is 0.951. The van der Waals surface area contributed by atoms with Crippen molar-refractivity contribution in [2.75, 3.05) is 19.7 Å². The van der Waals surface area contributed by atoms with Crippen LogP contribution in [-0.4, -0.2) is 40.6 Å². The number of aromatic hydroxyl groups is 1. The van der Waals surface area contributed by atoms with E-state index >= 15 is 0 Å². The highest BCUT2D eigenvalue weighted by Gasteiger charge is 2.20. The van der Waals surface area contributed by atoms with E-state index in [9.17, 15) is 9.90 Å². The second-order valence-electron chi connectivity index (χ2n) is 7.17. The van der Waals surface area contributed by atoms with Gasteiger partial charge in [0.2, 0.25) is 0 Å². The Hall–Kier alpha value is -2.60. The average molecular weight is 383 g/mol. The van der Waals surface area contributed by atoms with Gasteiger partial charge in [-0.05, 0) is 44.4 Å². The van der Waals surface area contributed by atoms with E-state index in [0.29, 0.717) is 12.2 Å². The molecule has 0 aliphatic carbocycles. The number of benzene rings is 1. The largest absolute Gasteiger partial charge is 0.506 e. The Balaban J connectivity index is 1.66. The summed E-state index contributed by atoms with van der Waals surface area (Å²) < 4.78 is 5.89. The van der Waals surface area contributed by atoms with Gasteiger partial charge in [-0.15, -0.1) is 0 Å². The highest BCUT2D eigenvalue weighted by molar-refractivity contribution is 5.78. The molecule has 3 rings (SSSR count). The Kier molecular flexibility index (Phi) is 6.87. The molecule has 0 spiro atoms. The molecule has 150 valence electrons.